The maximum absolute atomic E-state index is 12.4. The lowest BCUT2D eigenvalue weighted by molar-refractivity contribution is -0.131. The number of amides is 1. The number of likely N-dealkylation sites (tertiary alicyclic amines) is 1. The average Bonchev–Trinajstić information content (AvgIpc) is 3.18. The highest BCUT2D eigenvalue weighted by molar-refractivity contribution is 5.91. The van der Waals surface area contributed by atoms with Gasteiger partial charge in [0.05, 0.1) is 17.5 Å². The zero-order valence-corrected chi connectivity index (χ0v) is 17.8. The molecule has 0 aliphatic carbocycles. The maximum atomic E-state index is 12.4. The maximum Gasteiger partial charge on any atom is 0.236 e. The molecule has 1 amide bonds. The van der Waals surface area contributed by atoms with Crippen LogP contribution < -0.4 is 4.90 Å². The number of rotatable bonds is 7. The van der Waals surface area contributed by atoms with E-state index in [1.807, 2.05) is 32.2 Å². The molecule has 0 aromatic carbocycles. The van der Waals surface area contributed by atoms with E-state index in [1.165, 1.54) is 6.33 Å². The van der Waals surface area contributed by atoms with Crippen molar-refractivity contribution in [1.82, 2.24) is 19.9 Å². The second kappa shape index (κ2) is 9.53. The van der Waals surface area contributed by atoms with Crippen LogP contribution in [0, 0.1) is 17.2 Å². The number of nitrogens with zero attached hydrogens (tertiary/aromatic N) is 5. The highest BCUT2D eigenvalue weighted by atomic mass is 16.2. The van der Waals surface area contributed by atoms with Crippen LogP contribution in [0.1, 0.15) is 40.0 Å². The zero-order chi connectivity index (χ0) is 21.7. The van der Waals surface area contributed by atoms with Gasteiger partial charge in [-0.25, -0.2) is 9.97 Å². The quantitative estimate of drug-likeness (QED) is 0.706. The molecule has 1 fully saturated rings. The molecule has 8 nitrogen and oxygen atoms in total. The monoisotopic (exact) mass is 408 g/mol. The summed E-state index contributed by atoms with van der Waals surface area (Å²) in [5.41, 5.74) is 1.71. The summed E-state index contributed by atoms with van der Waals surface area (Å²) in [5.74, 6) is 0.987. The van der Waals surface area contributed by atoms with Crippen LogP contribution in [0.5, 0.6) is 0 Å². The Morgan fingerprint density at radius 3 is 2.93 bits per heavy atom. The fraction of sp³-hybridized carbons (Fsp3) is 0.500. The lowest BCUT2D eigenvalue weighted by Gasteiger charge is -2.43. The van der Waals surface area contributed by atoms with Gasteiger partial charge < -0.3 is 14.8 Å². The number of anilines is 1. The van der Waals surface area contributed by atoms with Crippen LogP contribution in [-0.4, -0.2) is 57.2 Å². The summed E-state index contributed by atoms with van der Waals surface area (Å²) in [6, 6.07) is 3.88. The number of fused-ring (bicyclic) bond motifs is 1. The minimum absolute atomic E-state index is 0.00565. The average molecular weight is 409 g/mol. The number of nitriles is 1. The van der Waals surface area contributed by atoms with Crippen molar-refractivity contribution in [3.8, 4) is 6.07 Å². The van der Waals surface area contributed by atoms with E-state index in [0.717, 1.165) is 28.8 Å². The largest absolute Gasteiger partial charge is 0.350 e. The molecule has 0 radical (unpaired) electrons. The second-order valence-electron chi connectivity index (χ2n) is 8.08. The number of aromatic nitrogens is 3. The Kier molecular flexibility index (Phi) is 6.83. The van der Waals surface area contributed by atoms with Gasteiger partial charge in [0, 0.05) is 32.3 Å². The normalized spacial score (nSPS) is 18.7. The van der Waals surface area contributed by atoms with Gasteiger partial charge in [-0.3, -0.25) is 9.59 Å². The van der Waals surface area contributed by atoms with Gasteiger partial charge >= 0.3 is 0 Å². The highest BCUT2D eigenvalue weighted by Crippen LogP contribution is 2.30. The number of hydrogen-bond donors (Lipinski definition) is 1. The molecule has 1 aliphatic rings. The first-order valence-corrected chi connectivity index (χ1v) is 10.3. The molecule has 2 aromatic heterocycles. The van der Waals surface area contributed by atoms with Crippen LogP contribution in [0.15, 0.2) is 30.2 Å². The topological polar surface area (TPSA) is 106 Å². The number of piperidine rings is 1. The Bertz CT molecular complexity index is 985. The predicted octanol–water partition coefficient (Wildman–Crippen LogP) is 2.84. The molecule has 2 aromatic rings. The summed E-state index contributed by atoms with van der Waals surface area (Å²) in [4.78, 5) is 40.6. The van der Waals surface area contributed by atoms with Crippen molar-refractivity contribution in [2.45, 2.75) is 46.1 Å². The van der Waals surface area contributed by atoms with E-state index in [2.05, 4.69) is 26.8 Å². The Hall–Kier alpha value is -3.21. The molecular formula is C22H28N6O2. The van der Waals surface area contributed by atoms with Gasteiger partial charge in [-0.05, 0) is 38.3 Å². The van der Waals surface area contributed by atoms with Crippen molar-refractivity contribution in [2.75, 3.05) is 24.5 Å². The summed E-state index contributed by atoms with van der Waals surface area (Å²) in [6.45, 7) is 7.63. The van der Waals surface area contributed by atoms with E-state index in [0.29, 0.717) is 32.0 Å². The van der Waals surface area contributed by atoms with Gasteiger partial charge in [-0.2, -0.15) is 5.26 Å². The number of allylic oxidation sites excluding steroid dienone is 2. The third-order valence-corrected chi connectivity index (χ3v) is 5.56. The molecule has 1 unspecified atom stereocenters. The lowest BCUT2D eigenvalue weighted by Crippen LogP contribution is -2.54. The molecule has 1 N–H and O–H groups in total. The standard InChI is InChI=1S/C22H28N6O2/c1-15(2)12-17(29)7-11-28(22-18-5-9-24-21(18)25-14-26-22)19-13-27(10-6-16(19)3)20(30)4-8-23/h5,9,12,14,16,19H,4,6-7,10-11,13H2,1-3H3,(H,24,25,26)/t16-,19?/m1/s1. The Labute approximate surface area is 176 Å². The Morgan fingerprint density at radius 2 is 2.20 bits per heavy atom. The summed E-state index contributed by atoms with van der Waals surface area (Å²) in [6.07, 6.45) is 6.08. The van der Waals surface area contributed by atoms with Crippen molar-refractivity contribution in [3.05, 3.63) is 30.2 Å². The molecule has 1 saturated heterocycles. The van der Waals surface area contributed by atoms with Gasteiger partial charge in [-0.15, -0.1) is 0 Å². The van der Waals surface area contributed by atoms with E-state index in [9.17, 15) is 9.59 Å². The van der Waals surface area contributed by atoms with E-state index in [1.54, 1.807) is 11.0 Å². The summed E-state index contributed by atoms with van der Waals surface area (Å²) < 4.78 is 0. The molecule has 30 heavy (non-hydrogen) atoms. The van der Waals surface area contributed by atoms with E-state index >= 15 is 0 Å². The van der Waals surface area contributed by atoms with E-state index in [-0.39, 0.29) is 24.2 Å². The summed E-state index contributed by atoms with van der Waals surface area (Å²) in [5, 5.41) is 9.80. The Balaban J connectivity index is 1.93. The first-order valence-electron chi connectivity index (χ1n) is 10.3. The molecule has 158 valence electrons. The minimum Gasteiger partial charge on any atom is -0.350 e. The van der Waals surface area contributed by atoms with Crippen LogP contribution in [0.2, 0.25) is 0 Å². The second-order valence-corrected chi connectivity index (χ2v) is 8.08. The van der Waals surface area contributed by atoms with Crippen LogP contribution in [-0.2, 0) is 9.59 Å². The van der Waals surface area contributed by atoms with Gasteiger partial charge in [0.2, 0.25) is 5.91 Å². The molecule has 1 aliphatic heterocycles. The third-order valence-electron chi connectivity index (χ3n) is 5.56. The molecular weight excluding hydrogens is 380 g/mol. The molecule has 0 spiro atoms. The van der Waals surface area contributed by atoms with Gasteiger partial charge in [0.1, 0.15) is 24.2 Å². The smallest absolute Gasteiger partial charge is 0.236 e. The van der Waals surface area contributed by atoms with Gasteiger partial charge in [0.25, 0.3) is 0 Å². The van der Waals surface area contributed by atoms with Crippen molar-refractivity contribution in [2.24, 2.45) is 5.92 Å². The van der Waals surface area contributed by atoms with Crippen molar-refractivity contribution in [1.29, 1.82) is 5.26 Å². The fourth-order valence-electron chi connectivity index (χ4n) is 4.00. The number of aromatic amines is 1. The summed E-state index contributed by atoms with van der Waals surface area (Å²) >= 11 is 0. The molecule has 8 heteroatoms. The van der Waals surface area contributed by atoms with Crippen LogP contribution >= 0.6 is 0 Å². The minimum atomic E-state index is -0.149. The first-order chi connectivity index (χ1) is 14.4. The van der Waals surface area contributed by atoms with Crippen molar-refractivity contribution >= 4 is 28.5 Å². The van der Waals surface area contributed by atoms with Gasteiger partial charge in [0.15, 0.2) is 5.78 Å². The number of carbonyl (C=O) groups excluding carboxylic acids is 2. The molecule has 3 rings (SSSR count). The zero-order valence-electron chi connectivity index (χ0n) is 17.8. The molecule has 0 saturated carbocycles. The van der Waals surface area contributed by atoms with Crippen molar-refractivity contribution < 1.29 is 9.59 Å². The number of H-pyrrole nitrogens is 1. The van der Waals surface area contributed by atoms with Crippen LogP contribution in [0.4, 0.5) is 5.82 Å². The van der Waals surface area contributed by atoms with E-state index < -0.39 is 0 Å². The molecule has 2 atom stereocenters. The predicted molar refractivity (Wildman–Crippen MR) is 115 cm³/mol. The summed E-state index contributed by atoms with van der Waals surface area (Å²) in [7, 11) is 0. The highest BCUT2D eigenvalue weighted by Gasteiger charge is 2.34. The Morgan fingerprint density at radius 1 is 1.40 bits per heavy atom. The van der Waals surface area contributed by atoms with Crippen LogP contribution in [0.3, 0.4) is 0 Å². The van der Waals surface area contributed by atoms with Crippen molar-refractivity contribution in [3.63, 3.8) is 0 Å². The molecule has 3 heterocycles. The number of nitrogens with one attached hydrogen (secondary N) is 1. The SMILES string of the molecule is CC(C)=CC(=O)CCN(c1ncnc2[nH]ccc12)C1CN(C(=O)CC#N)CC[C@H]1C. The number of carbonyl (C=O) groups is 2. The lowest BCUT2D eigenvalue weighted by atomic mass is 9.91. The number of ketones is 1. The third kappa shape index (κ3) is 4.85. The number of hydrogen-bond acceptors (Lipinski definition) is 6. The molecule has 0 bridgehead atoms. The fourth-order valence-corrected chi connectivity index (χ4v) is 4.00. The van der Waals surface area contributed by atoms with Crippen LogP contribution in [0.25, 0.3) is 11.0 Å². The van der Waals surface area contributed by atoms with Gasteiger partial charge in [-0.1, -0.05) is 12.5 Å². The van der Waals surface area contributed by atoms with E-state index in [4.69, 9.17) is 5.26 Å². The first kappa shape index (κ1) is 21.5.